The number of carbonyl (C=O) groups excluding carboxylic acids is 2. The second kappa shape index (κ2) is 11.0. The number of rotatable bonds is 8. The van der Waals surface area contributed by atoms with Crippen molar-refractivity contribution in [2.24, 2.45) is 0 Å². The summed E-state index contributed by atoms with van der Waals surface area (Å²) < 4.78 is 23.1. The maximum Gasteiger partial charge on any atom is 0.413 e. The molecule has 0 aliphatic carbocycles. The first kappa shape index (κ1) is 24.9. The van der Waals surface area contributed by atoms with Crippen LogP contribution in [0.5, 0.6) is 17.2 Å². The van der Waals surface area contributed by atoms with Crippen molar-refractivity contribution in [2.45, 2.75) is 32.2 Å². The van der Waals surface area contributed by atoms with E-state index >= 15 is 0 Å². The van der Waals surface area contributed by atoms with Crippen LogP contribution in [0.4, 0.5) is 4.79 Å². The number of halogens is 2. The lowest BCUT2D eigenvalue weighted by molar-refractivity contribution is -0.139. The highest BCUT2D eigenvalue weighted by molar-refractivity contribution is 9.10. The first-order valence-electron chi connectivity index (χ1n) is 10.8. The van der Waals surface area contributed by atoms with Gasteiger partial charge in [0.25, 0.3) is 6.29 Å². The van der Waals surface area contributed by atoms with E-state index < -0.39 is 12.4 Å². The van der Waals surface area contributed by atoms with Gasteiger partial charge in [-0.15, -0.1) is 0 Å². The molecule has 2 atom stereocenters. The molecule has 0 radical (unpaired) electrons. The van der Waals surface area contributed by atoms with E-state index in [1.54, 1.807) is 41.3 Å². The molecule has 1 heterocycles. The highest BCUT2D eigenvalue weighted by Crippen LogP contribution is 2.32. The number of ether oxygens (including phenoxy) is 4. The van der Waals surface area contributed by atoms with Crippen LogP contribution in [-0.4, -0.2) is 36.4 Å². The summed E-state index contributed by atoms with van der Waals surface area (Å²) in [4.78, 5) is 25.9. The van der Waals surface area contributed by atoms with E-state index in [9.17, 15) is 9.59 Å². The Labute approximate surface area is 216 Å². The maximum atomic E-state index is 12.7. The molecule has 3 aromatic carbocycles. The summed E-state index contributed by atoms with van der Waals surface area (Å²) in [6, 6.07) is 19.3. The van der Waals surface area contributed by atoms with E-state index in [4.69, 9.17) is 30.5 Å². The van der Waals surface area contributed by atoms with Crippen molar-refractivity contribution in [1.29, 1.82) is 0 Å². The quantitative estimate of drug-likeness (QED) is 0.299. The molecular formula is C26H23BrClNO6. The second-order valence-electron chi connectivity index (χ2n) is 7.95. The Morgan fingerprint density at radius 1 is 1.09 bits per heavy atom. The van der Waals surface area contributed by atoms with Gasteiger partial charge in [0.05, 0.1) is 20.1 Å². The van der Waals surface area contributed by atoms with Crippen LogP contribution in [0, 0.1) is 0 Å². The molecule has 0 N–H and O–H groups in total. The number of benzene rings is 3. The zero-order valence-electron chi connectivity index (χ0n) is 19.1. The van der Waals surface area contributed by atoms with E-state index in [0.29, 0.717) is 22.3 Å². The molecule has 35 heavy (non-hydrogen) atoms. The molecule has 3 aromatic rings. The van der Waals surface area contributed by atoms with Gasteiger partial charge in [-0.1, -0.05) is 39.7 Å². The molecule has 1 aliphatic heterocycles. The van der Waals surface area contributed by atoms with Crippen molar-refractivity contribution < 1.29 is 28.5 Å². The summed E-state index contributed by atoms with van der Waals surface area (Å²) in [5.41, 5.74) is 1.54. The van der Waals surface area contributed by atoms with Crippen LogP contribution in [-0.2, 0) is 27.2 Å². The SMILES string of the molecule is COC(=O)Cc1cccc(Oc2ccc(Br)cc2CN2C(=O)O[C@H](Oc3ccc(Cl)cc3)[C@H]2C)c1. The number of hydrogen-bond donors (Lipinski definition) is 0. The molecule has 4 rings (SSSR count). The number of carbonyl (C=O) groups is 2. The van der Waals surface area contributed by atoms with Crippen molar-refractivity contribution >= 4 is 39.6 Å². The van der Waals surface area contributed by atoms with Gasteiger partial charge in [-0.3, -0.25) is 9.69 Å². The van der Waals surface area contributed by atoms with Crippen LogP contribution >= 0.6 is 27.5 Å². The van der Waals surface area contributed by atoms with Crippen molar-refractivity contribution in [3.05, 3.63) is 87.4 Å². The third-order valence-corrected chi connectivity index (χ3v) is 6.21. The van der Waals surface area contributed by atoms with Crippen LogP contribution in [0.3, 0.4) is 0 Å². The number of hydrogen-bond acceptors (Lipinski definition) is 6. The lowest BCUT2D eigenvalue weighted by Gasteiger charge is -2.22. The standard InChI is InChI=1S/C26H23BrClNO6/c1-16-25(34-21-9-7-20(28)8-10-21)35-26(31)29(16)15-18-14-19(27)6-11-23(18)33-22-5-3-4-17(12-22)13-24(30)32-2/h3-12,14,16,25H,13,15H2,1-2H3/t16-,25+/m1/s1. The fraction of sp³-hybridized carbons (Fsp3) is 0.231. The van der Waals surface area contributed by atoms with Gasteiger partial charge >= 0.3 is 12.1 Å². The molecule has 7 nitrogen and oxygen atoms in total. The zero-order valence-corrected chi connectivity index (χ0v) is 21.4. The highest BCUT2D eigenvalue weighted by Gasteiger charge is 2.40. The first-order chi connectivity index (χ1) is 16.8. The fourth-order valence-electron chi connectivity index (χ4n) is 3.60. The van der Waals surface area contributed by atoms with Gasteiger partial charge in [0.2, 0.25) is 0 Å². The summed E-state index contributed by atoms with van der Waals surface area (Å²) in [5, 5.41) is 0.591. The molecule has 0 spiro atoms. The molecule has 9 heteroatoms. The molecule has 1 amide bonds. The average Bonchev–Trinajstić information content (AvgIpc) is 3.09. The van der Waals surface area contributed by atoms with Crippen LogP contribution in [0.1, 0.15) is 18.1 Å². The predicted molar refractivity (Wildman–Crippen MR) is 134 cm³/mol. The van der Waals surface area contributed by atoms with E-state index in [-0.39, 0.29) is 25.0 Å². The summed E-state index contributed by atoms with van der Waals surface area (Å²) in [6.07, 6.45) is -1.11. The second-order valence-corrected chi connectivity index (χ2v) is 9.30. The zero-order chi connectivity index (χ0) is 24.9. The lowest BCUT2D eigenvalue weighted by atomic mass is 10.1. The minimum absolute atomic E-state index is 0.146. The number of nitrogens with zero attached hydrogens (tertiary/aromatic N) is 1. The molecule has 0 unspecified atom stereocenters. The number of esters is 1. The highest BCUT2D eigenvalue weighted by atomic mass is 79.9. The summed E-state index contributed by atoms with van der Waals surface area (Å²) in [7, 11) is 1.35. The van der Waals surface area contributed by atoms with Crippen LogP contribution in [0.25, 0.3) is 0 Å². The Morgan fingerprint density at radius 3 is 2.60 bits per heavy atom. The van der Waals surface area contributed by atoms with Gasteiger partial charge in [-0.05, 0) is 67.1 Å². The normalized spacial score (nSPS) is 17.1. The lowest BCUT2D eigenvalue weighted by Crippen LogP contribution is -2.36. The number of methoxy groups -OCH3 is 1. The van der Waals surface area contributed by atoms with Crippen molar-refractivity contribution in [1.82, 2.24) is 4.90 Å². The van der Waals surface area contributed by atoms with Gasteiger partial charge in [-0.2, -0.15) is 0 Å². The Bertz CT molecular complexity index is 1220. The maximum absolute atomic E-state index is 12.7. The van der Waals surface area contributed by atoms with Gasteiger partial charge in [0.15, 0.2) is 0 Å². The summed E-state index contributed by atoms with van der Waals surface area (Å²) >= 11 is 9.42. The third-order valence-electron chi connectivity index (χ3n) is 5.47. The number of cyclic esters (lactones) is 1. The third kappa shape index (κ3) is 6.26. The monoisotopic (exact) mass is 559 g/mol. The van der Waals surface area contributed by atoms with Gasteiger partial charge < -0.3 is 18.9 Å². The van der Waals surface area contributed by atoms with Crippen LogP contribution in [0.15, 0.2) is 71.2 Å². The predicted octanol–water partition coefficient (Wildman–Crippen LogP) is 6.36. The van der Waals surface area contributed by atoms with Crippen LogP contribution < -0.4 is 9.47 Å². The van der Waals surface area contributed by atoms with E-state index in [2.05, 4.69) is 15.9 Å². The van der Waals surface area contributed by atoms with Crippen molar-refractivity contribution in [3.63, 3.8) is 0 Å². The summed E-state index contributed by atoms with van der Waals surface area (Å²) in [5.74, 6) is 1.36. The molecule has 0 bridgehead atoms. The van der Waals surface area contributed by atoms with Crippen LogP contribution in [0.2, 0.25) is 5.02 Å². The van der Waals surface area contributed by atoms with Gasteiger partial charge in [-0.25, -0.2) is 4.79 Å². The van der Waals surface area contributed by atoms with Crippen molar-refractivity contribution in [2.75, 3.05) is 7.11 Å². The minimum atomic E-state index is -0.768. The topological polar surface area (TPSA) is 74.3 Å². The Morgan fingerprint density at radius 2 is 1.86 bits per heavy atom. The van der Waals surface area contributed by atoms with Gasteiger partial charge in [0, 0.05) is 15.1 Å². The molecule has 1 saturated heterocycles. The Kier molecular flexibility index (Phi) is 7.83. The molecule has 1 aliphatic rings. The van der Waals surface area contributed by atoms with E-state index in [0.717, 1.165) is 15.6 Å². The Hall–Kier alpha value is -3.23. The van der Waals surface area contributed by atoms with E-state index in [1.165, 1.54) is 7.11 Å². The minimum Gasteiger partial charge on any atom is -0.469 e. The molecular weight excluding hydrogens is 538 g/mol. The first-order valence-corrected chi connectivity index (χ1v) is 12.0. The van der Waals surface area contributed by atoms with Crippen molar-refractivity contribution in [3.8, 4) is 17.2 Å². The largest absolute Gasteiger partial charge is 0.469 e. The molecule has 182 valence electrons. The fourth-order valence-corrected chi connectivity index (χ4v) is 4.13. The average molecular weight is 561 g/mol. The summed E-state index contributed by atoms with van der Waals surface area (Å²) in [6.45, 7) is 2.11. The molecule has 1 fully saturated rings. The van der Waals surface area contributed by atoms with Gasteiger partial charge in [0.1, 0.15) is 23.3 Å². The molecule has 0 saturated carbocycles. The number of amides is 1. The smallest absolute Gasteiger partial charge is 0.413 e. The van der Waals surface area contributed by atoms with E-state index in [1.807, 2.05) is 37.3 Å². The molecule has 0 aromatic heterocycles. The Balaban J connectivity index is 1.50.